The number of amides is 2. The van der Waals surface area contributed by atoms with Crippen molar-refractivity contribution in [2.75, 3.05) is 23.3 Å². The fraction of sp³-hybridized carbons (Fsp3) is 0.417. The molecule has 2 aliphatic carbocycles. The number of alkyl halides is 6. The number of halogens is 6. The van der Waals surface area contributed by atoms with Gasteiger partial charge in [0.1, 0.15) is 36.7 Å². The maximum Gasteiger partial charge on any atom is 0.471 e. The van der Waals surface area contributed by atoms with E-state index in [4.69, 9.17) is 9.47 Å². The number of carbonyl (C=O) groups excluding carboxylic acids is 4. The average molecular weight is 987 g/mol. The van der Waals surface area contributed by atoms with Crippen LogP contribution in [0.1, 0.15) is 75.3 Å². The zero-order valence-electron chi connectivity index (χ0n) is 37.7. The van der Waals surface area contributed by atoms with Gasteiger partial charge in [0, 0.05) is 30.8 Å². The molecule has 2 saturated carbocycles. The van der Waals surface area contributed by atoms with Crippen molar-refractivity contribution in [3.05, 3.63) is 141 Å². The fourth-order valence-corrected chi connectivity index (χ4v) is 7.92. The Morgan fingerprint density at radius 3 is 1.70 bits per heavy atom. The Kier molecular flexibility index (Phi) is 19.5. The van der Waals surface area contributed by atoms with Gasteiger partial charge in [-0.1, -0.05) is 123 Å². The minimum Gasteiger partial charge on any atom is -0.459 e. The largest absolute Gasteiger partial charge is 0.471 e. The number of nitrogens with zero attached hydrogens (tertiary/aromatic N) is 4. The van der Waals surface area contributed by atoms with Crippen LogP contribution in [0.2, 0.25) is 0 Å². The molecule has 7 rings (SSSR count). The molecule has 1 heterocycles. The predicted molar refractivity (Wildman–Crippen MR) is 243 cm³/mol. The molecule has 1 saturated heterocycles. The quantitative estimate of drug-likeness (QED) is 0.0376. The molecule has 70 heavy (non-hydrogen) atoms. The lowest BCUT2D eigenvalue weighted by Crippen LogP contribution is -2.54. The molecule has 2 amide bonds. The van der Waals surface area contributed by atoms with Crippen LogP contribution in [0.4, 0.5) is 49.1 Å². The van der Waals surface area contributed by atoms with Crippen molar-refractivity contribution in [3.8, 4) is 0 Å². The molecule has 0 spiro atoms. The summed E-state index contributed by atoms with van der Waals surface area (Å²) in [6, 6.07) is 27.3. The summed E-state index contributed by atoms with van der Waals surface area (Å²) < 4.78 is 85.4. The van der Waals surface area contributed by atoms with E-state index in [9.17, 15) is 65.7 Å². The van der Waals surface area contributed by atoms with Crippen LogP contribution in [0.15, 0.2) is 109 Å². The maximum absolute atomic E-state index is 13.0. The summed E-state index contributed by atoms with van der Waals surface area (Å²) in [5, 5.41) is 27.5. The Bertz CT molecular complexity index is 2380. The van der Waals surface area contributed by atoms with Crippen LogP contribution in [0, 0.1) is 20.2 Å². The summed E-state index contributed by atoms with van der Waals surface area (Å²) in [4.78, 5) is 70.5. The molecule has 0 unspecified atom stereocenters. The Hall–Kier alpha value is -7.26. The van der Waals surface area contributed by atoms with Gasteiger partial charge in [-0.2, -0.15) is 26.3 Å². The third-order valence-corrected chi connectivity index (χ3v) is 11.5. The van der Waals surface area contributed by atoms with Gasteiger partial charge in [-0.25, -0.2) is 9.59 Å². The number of para-hydroxylation sites is 4. The lowest BCUT2D eigenvalue weighted by molar-refractivity contribution is -0.384. The Morgan fingerprint density at radius 2 is 1.16 bits per heavy atom. The lowest BCUT2D eigenvalue weighted by Gasteiger charge is -2.37. The summed E-state index contributed by atoms with van der Waals surface area (Å²) in [6.07, 6.45) is -0.283. The minimum atomic E-state index is -5.22. The number of anilines is 2. The van der Waals surface area contributed by atoms with Crippen molar-refractivity contribution in [3.63, 3.8) is 0 Å². The van der Waals surface area contributed by atoms with Gasteiger partial charge >= 0.3 is 36.1 Å². The number of nitrogens with one attached hydrogen (secondary N) is 2. The minimum absolute atomic E-state index is 0.0236. The highest BCUT2D eigenvalue weighted by Crippen LogP contribution is 2.35. The normalized spacial score (nSPS) is 16.4. The first-order valence-electron chi connectivity index (χ1n) is 22.5. The van der Waals surface area contributed by atoms with Crippen LogP contribution < -0.4 is 15.5 Å². The number of hydrogen-bond donors (Lipinski definition) is 2. The zero-order chi connectivity index (χ0) is 50.8. The van der Waals surface area contributed by atoms with Crippen LogP contribution in [-0.4, -0.2) is 88.1 Å². The number of esters is 2. The van der Waals surface area contributed by atoms with Gasteiger partial charge in [-0.05, 0) is 48.9 Å². The van der Waals surface area contributed by atoms with Crippen LogP contribution in [0.3, 0.4) is 0 Å². The molecule has 0 bridgehead atoms. The van der Waals surface area contributed by atoms with Crippen LogP contribution in [-0.2, 0) is 41.9 Å². The van der Waals surface area contributed by atoms with Gasteiger partial charge in [0.05, 0.1) is 16.4 Å². The van der Waals surface area contributed by atoms with Gasteiger partial charge in [0.2, 0.25) is 0 Å². The summed E-state index contributed by atoms with van der Waals surface area (Å²) >= 11 is 0. The molecule has 376 valence electrons. The highest BCUT2D eigenvalue weighted by Gasteiger charge is 2.55. The first kappa shape index (κ1) is 53.7. The smallest absolute Gasteiger partial charge is 0.459 e. The van der Waals surface area contributed by atoms with Crippen LogP contribution in [0.5, 0.6) is 0 Å². The summed E-state index contributed by atoms with van der Waals surface area (Å²) in [5.41, 5.74) is 2.10. The molecule has 4 aromatic carbocycles. The average Bonchev–Trinajstić information content (AvgIpc) is 4.16. The fourth-order valence-electron chi connectivity index (χ4n) is 7.92. The zero-order valence-corrected chi connectivity index (χ0v) is 37.7. The van der Waals surface area contributed by atoms with E-state index in [0.717, 1.165) is 37.7 Å². The topological polar surface area (TPSA) is 203 Å². The molecule has 1 aliphatic heterocycles. The monoisotopic (exact) mass is 986 g/mol. The number of hydrogen-bond acceptors (Lipinski definition) is 12. The van der Waals surface area contributed by atoms with E-state index in [1.807, 2.05) is 6.07 Å². The van der Waals surface area contributed by atoms with E-state index < -0.39 is 59.7 Å². The van der Waals surface area contributed by atoms with E-state index in [1.54, 1.807) is 95.1 Å². The van der Waals surface area contributed by atoms with Crippen LogP contribution >= 0.6 is 0 Å². The van der Waals surface area contributed by atoms with Crippen molar-refractivity contribution < 1.29 is 64.8 Å². The molecule has 2 atom stereocenters. The molecule has 16 nitrogen and oxygen atoms in total. The van der Waals surface area contributed by atoms with E-state index in [-0.39, 0.29) is 47.8 Å². The molecular weight excluding hydrogens is 935 g/mol. The molecule has 2 N–H and O–H groups in total. The molecule has 3 aliphatic rings. The second kappa shape index (κ2) is 25.4. The number of nitro benzene ring substituents is 2. The van der Waals surface area contributed by atoms with Crippen molar-refractivity contribution in [2.45, 2.75) is 114 Å². The number of carbonyl (C=O) groups is 4. The molecule has 4 aromatic rings. The van der Waals surface area contributed by atoms with Gasteiger partial charge in [-0.15, -0.1) is 0 Å². The Balaban J connectivity index is 0.000000218. The van der Waals surface area contributed by atoms with Crippen molar-refractivity contribution >= 4 is 46.5 Å². The second-order valence-corrected chi connectivity index (χ2v) is 16.6. The second-order valence-electron chi connectivity index (χ2n) is 16.6. The Morgan fingerprint density at radius 1 is 0.657 bits per heavy atom. The predicted octanol–water partition coefficient (Wildman–Crippen LogP) is 9.37. The van der Waals surface area contributed by atoms with Crippen molar-refractivity contribution in [2.24, 2.45) is 0 Å². The first-order chi connectivity index (χ1) is 33.3. The van der Waals surface area contributed by atoms with Gasteiger partial charge < -0.3 is 29.9 Å². The van der Waals surface area contributed by atoms with Gasteiger partial charge in [0.25, 0.3) is 11.4 Å². The number of rotatable bonds is 15. The molecule has 0 aromatic heterocycles. The third kappa shape index (κ3) is 16.5. The van der Waals surface area contributed by atoms with E-state index >= 15 is 0 Å². The number of benzene rings is 4. The van der Waals surface area contributed by atoms with Crippen molar-refractivity contribution in [1.82, 2.24) is 10.2 Å². The lowest BCUT2D eigenvalue weighted by atomic mass is 9.93. The summed E-state index contributed by atoms with van der Waals surface area (Å²) in [6.45, 7) is -0.881. The molecule has 0 radical (unpaired) electrons. The van der Waals surface area contributed by atoms with E-state index in [2.05, 4.69) is 5.32 Å². The SMILES string of the molecule is O=C(OCc1ccccc1)[C@@H](CN(c1ccccc1[N+](=O)[O-])C1CCCCC1)NC(=O)C(F)(F)F.O=C(OCc1ccccc1)[C@H]1CN1C(=O)C(F)(F)F.O=[N+]([O-])c1ccccc1NC1CCCCC1. The highest BCUT2D eigenvalue weighted by atomic mass is 19.4. The Labute approximate surface area is 398 Å². The highest BCUT2D eigenvalue weighted by molar-refractivity contribution is 5.92. The molecule has 22 heteroatoms. The third-order valence-electron chi connectivity index (χ3n) is 11.5. The number of nitro groups is 2. The standard InChI is InChI=1S/C24H26F3N3O5.C12H10F3NO3.C12H16N2O2/c25-24(26,27)23(32)28-19(22(31)35-16-17-9-3-1-4-10-17)15-29(18-11-5-2-6-12-18)20-13-7-8-14-21(20)30(33)34;13-12(14,15)11(18)16-6-9(16)10(17)19-7-8-4-2-1-3-5-8;15-14(16)12-9-5-4-8-11(12)13-10-6-2-1-3-7-10/h1,3-4,7-10,13-14,18-19H,2,5-6,11-12,15-16H2,(H,28,32);1-5,9H,6-7H2;4-5,8-10,13H,1-3,6-7H2/t19-;9-,16?;/m11./s1. The first-order valence-corrected chi connectivity index (χ1v) is 22.5. The molecule has 3 fully saturated rings. The molecular formula is C48H52F6N6O10. The van der Waals surface area contributed by atoms with Crippen LogP contribution in [0.25, 0.3) is 0 Å². The van der Waals surface area contributed by atoms with E-state index in [0.29, 0.717) is 35.0 Å². The van der Waals surface area contributed by atoms with Gasteiger partial charge in [-0.3, -0.25) is 29.8 Å². The van der Waals surface area contributed by atoms with E-state index in [1.165, 1.54) is 37.5 Å². The summed E-state index contributed by atoms with van der Waals surface area (Å²) in [5.74, 6) is -6.17. The maximum atomic E-state index is 13.0. The van der Waals surface area contributed by atoms with Gasteiger partial charge in [0.15, 0.2) is 0 Å². The summed E-state index contributed by atoms with van der Waals surface area (Å²) in [7, 11) is 0. The van der Waals surface area contributed by atoms with Crippen molar-refractivity contribution in [1.29, 1.82) is 0 Å². The number of ether oxygens (including phenoxy) is 2.